The highest BCUT2D eigenvalue weighted by Crippen LogP contribution is 2.28. The Balaban J connectivity index is 1.47. The van der Waals surface area contributed by atoms with Crippen LogP contribution in [0.5, 0.6) is 0 Å². The number of thiazole rings is 1. The molecule has 1 amide bonds. The summed E-state index contributed by atoms with van der Waals surface area (Å²) in [6.45, 7) is 4.32. The molecule has 156 valence electrons. The topological polar surface area (TPSA) is 82.6 Å². The Morgan fingerprint density at radius 1 is 1.21 bits per heavy atom. The van der Waals surface area contributed by atoms with Crippen molar-refractivity contribution in [3.8, 4) is 0 Å². The first-order chi connectivity index (χ1) is 13.8. The van der Waals surface area contributed by atoms with Gasteiger partial charge >= 0.3 is 0 Å². The third kappa shape index (κ3) is 4.23. The second-order valence-corrected chi connectivity index (χ2v) is 10.8. The quantitative estimate of drug-likeness (QED) is 0.800. The average Bonchev–Trinajstić information content (AvgIpc) is 3.09. The third-order valence-electron chi connectivity index (χ3n) is 5.61. The maximum atomic E-state index is 12.9. The zero-order valence-corrected chi connectivity index (χ0v) is 18.4. The van der Waals surface area contributed by atoms with E-state index in [4.69, 9.17) is 0 Å². The number of sulfonamides is 1. The van der Waals surface area contributed by atoms with E-state index < -0.39 is 10.0 Å². The number of fused-ring (bicyclic) bond motifs is 1. The number of nitrogens with one attached hydrogen (secondary N) is 1. The molecular formula is C20H26N4O3S2. The molecule has 2 aliphatic rings. The smallest absolute Gasteiger partial charge is 0.257 e. The third-order valence-corrected chi connectivity index (χ3v) is 8.63. The van der Waals surface area contributed by atoms with E-state index in [1.54, 1.807) is 16.4 Å². The van der Waals surface area contributed by atoms with Gasteiger partial charge in [-0.2, -0.15) is 4.31 Å². The Kier molecular flexibility index (Phi) is 5.74. The van der Waals surface area contributed by atoms with Gasteiger partial charge in [-0.25, -0.2) is 13.4 Å². The second kappa shape index (κ2) is 8.14. The predicted molar refractivity (Wildman–Crippen MR) is 114 cm³/mol. The molecule has 1 N–H and O–H groups in total. The number of aromatic nitrogens is 1. The van der Waals surface area contributed by atoms with Crippen LogP contribution in [0.15, 0.2) is 29.2 Å². The number of anilines is 1. The summed E-state index contributed by atoms with van der Waals surface area (Å²) in [7, 11) is -1.46. The maximum Gasteiger partial charge on any atom is 0.257 e. The number of carbonyl (C=O) groups excluding carboxylic acids is 1. The first-order valence-corrected chi connectivity index (χ1v) is 12.2. The summed E-state index contributed by atoms with van der Waals surface area (Å²) in [4.78, 5) is 20.8. The number of carbonyl (C=O) groups is 1. The van der Waals surface area contributed by atoms with Crippen LogP contribution in [0.3, 0.4) is 0 Å². The molecule has 1 fully saturated rings. The van der Waals surface area contributed by atoms with Gasteiger partial charge in [0.1, 0.15) is 0 Å². The molecule has 0 saturated carbocycles. The minimum atomic E-state index is -3.53. The molecule has 1 atom stereocenters. The summed E-state index contributed by atoms with van der Waals surface area (Å²) in [6, 6.07) is 6.18. The van der Waals surface area contributed by atoms with Crippen molar-refractivity contribution in [1.82, 2.24) is 14.2 Å². The first-order valence-electron chi connectivity index (χ1n) is 9.95. The van der Waals surface area contributed by atoms with Crippen molar-refractivity contribution >= 4 is 32.4 Å². The van der Waals surface area contributed by atoms with Crippen molar-refractivity contribution in [2.45, 2.75) is 50.1 Å². The summed E-state index contributed by atoms with van der Waals surface area (Å²) in [5.74, 6) is -0.278. The fraction of sp³-hybridized carbons (Fsp3) is 0.500. The lowest BCUT2D eigenvalue weighted by Crippen LogP contribution is -2.41. The van der Waals surface area contributed by atoms with Gasteiger partial charge < -0.3 is 4.90 Å². The number of piperidine rings is 1. The van der Waals surface area contributed by atoms with Crippen LogP contribution >= 0.6 is 11.3 Å². The number of benzene rings is 1. The van der Waals surface area contributed by atoms with Crippen LogP contribution in [0, 0.1) is 0 Å². The molecule has 2 aromatic rings. The zero-order chi connectivity index (χ0) is 20.6. The fourth-order valence-electron chi connectivity index (χ4n) is 3.89. The molecule has 0 aliphatic carbocycles. The van der Waals surface area contributed by atoms with Crippen molar-refractivity contribution in [3.05, 3.63) is 40.4 Å². The lowest BCUT2D eigenvalue weighted by molar-refractivity contribution is 0.102. The SMILES string of the molecule is CC1CCCCN1S(=O)(=O)c1ccc(C(=O)Nc2nc3c(s2)CN(C)CC3)cc1. The van der Waals surface area contributed by atoms with Gasteiger partial charge in [-0.15, -0.1) is 11.3 Å². The molecule has 0 bridgehead atoms. The molecule has 4 rings (SSSR count). The molecule has 29 heavy (non-hydrogen) atoms. The van der Waals surface area contributed by atoms with Crippen molar-refractivity contribution < 1.29 is 13.2 Å². The Bertz CT molecular complexity index is 1000. The van der Waals surface area contributed by atoms with Crippen molar-refractivity contribution in [1.29, 1.82) is 0 Å². The van der Waals surface area contributed by atoms with Crippen LogP contribution < -0.4 is 5.32 Å². The predicted octanol–water partition coefficient (Wildman–Crippen LogP) is 2.95. The number of likely N-dealkylation sites (N-methyl/N-ethyl adjacent to an activating group) is 1. The molecule has 1 aromatic heterocycles. The monoisotopic (exact) mass is 434 g/mol. The Hall–Kier alpha value is -1.81. The lowest BCUT2D eigenvalue weighted by atomic mass is 10.1. The molecule has 7 nitrogen and oxygen atoms in total. The number of rotatable bonds is 4. The van der Waals surface area contributed by atoms with E-state index in [9.17, 15) is 13.2 Å². The maximum absolute atomic E-state index is 12.9. The fourth-order valence-corrected chi connectivity index (χ4v) is 6.67. The van der Waals surface area contributed by atoms with Gasteiger partial charge in [-0.05, 0) is 51.1 Å². The Morgan fingerprint density at radius 3 is 2.69 bits per heavy atom. The van der Waals surface area contributed by atoms with E-state index >= 15 is 0 Å². The van der Waals surface area contributed by atoms with Crippen LogP contribution in [-0.2, 0) is 23.0 Å². The van der Waals surface area contributed by atoms with Gasteiger partial charge in [-0.1, -0.05) is 6.42 Å². The van der Waals surface area contributed by atoms with Gasteiger partial charge in [0.15, 0.2) is 5.13 Å². The van der Waals surface area contributed by atoms with E-state index in [2.05, 4.69) is 22.2 Å². The summed E-state index contributed by atoms with van der Waals surface area (Å²) in [5.41, 5.74) is 1.47. The molecule has 2 aliphatic heterocycles. The molecular weight excluding hydrogens is 408 g/mol. The van der Waals surface area contributed by atoms with Gasteiger partial charge in [-0.3, -0.25) is 10.1 Å². The largest absolute Gasteiger partial charge is 0.301 e. The van der Waals surface area contributed by atoms with Crippen LogP contribution in [-0.4, -0.2) is 54.7 Å². The van der Waals surface area contributed by atoms with Crippen LogP contribution in [0.2, 0.25) is 0 Å². The van der Waals surface area contributed by atoms with Crippen molar-refractivity contribution in [2.75, 3.05) is 25.5 Å². The zero-order valence-electron chi connectivity index (χ0n) is 16.7. The van der Waals surface area contributed by atoms with Crippen molar-refractivity contribution in [3.63, 3.8) is 0 Å². The lowest BCUT2D eigenvalue weighted by Gasteiger charge is -2.32. The average molecular weight is 435 g/mol. The van der Waals surface area contributed by atoms with E-state index in [0.29, 0.717) is 17.2 Å². The first kappa shape index (κ1) is 20.5. The molecule has 3 heterocycles. The van der Waals surface area contributed by atoms with E-state index in [1.807, 2.05) is 6.92 Å². The summed E-state index contributed by atoms with van der Waals surface area (Å²) < 4.78 is 27.4. The van der Waals surface area contributed by atoms with E-state index in [1.165, 1.54) is 28.3 Å². The number of hydrogen-bond acceptors (Lipinski definition) is 6. The van der Waals surface area contributed by atoms with Gasteiger partial charge in [0.05, 0.1) is 10.6 Å². The molecule has 1 saturated heterocycles. The standard InChI is InChI=1S/C20H26N4O3S2/c1-14-5-3-4-11-24(14)29(26,27)16-8-6-15(7-9-16)19(25)22-20-21-17-10-12-23(2)13-18(17)28-20/h6-9,14H,3-5,10-13H2,1-2H3,(H,21,22,25). The number of hydrogen-bond donors (Lipinski definition) is 1. The molecule has 0 radical (unpaired) electrons. The second-order valence-electron chi connectivity index (χ2n) is 7.82. The van der Waals surface area contributed by atoms with Crippen LogP contribution in [0.25, 0.3) is 0 Å². The Morgan fingerprint density at radius 2 is 1.97 bits per heavy atom. The molecule has 1 aromatic carbocycles. The minimum Gasteiger partial charge on any atom is -0.301 e. The van der Waals surface area contributed by atoms with Crippen LogP contribution in [0.4, 0.5) is 5.13 Å². The minimum absolute atomic E-state index is 0.00621. The number of amides is 1. The van der Waals surface area contributed by atoms with E-state index in [-0.39, 0.29) is 16.8 Å². The highest BCUT2D eigenvalue weighted by atomic mass is 32.2. The van der Waals surface area contributed by atoms with Gasteiger partial charge in [0.2, 0.25) is 10.0 Å². The normalized spacial score (nSPS) is 21.0. The molecule has 0 spiro atoms. The van der Waals surface area contributed by atoms with Gasteiger partial charge in [0, 0.05) is 42.5 Å². The highest BCUT2D eigenvalue weighted by molar-refractivity contribution is 7.89. The van der Waals surface area contributed by atoms with E-state index in [0.717, 1.165) is 44.5 Å². The molecule has 1 unspecified atom stereocenters. The van der Waals surface area contributed by atoms with Crippen molar-refractivity contribution in [2.24, 2.45) is 0 Å². The number of nitrogens with zero attached hydrogens (tertiary/aromatic N) is 3. The summed E-state index contributed by atoms with van der Waals surface area (Å²) >= 11 is 1.50. The summed E-state index contributed by atoms with van der Waals surface area (Å²) in [5, 5.41) is 3.44. The highest BCUT2D eigenvalue weighted by Gasteiger charge is 2.31. The van der Waals surface area contributed by atoms with Gasteiger partial charge in [0.25, 0.3) is 5.91 Å². The summed E-state index contributed by atoms with van der Waals surface area (Å²) in [6.07, 6.45) is 3.72. The Labute approximate surface area is 175 Å². The van der Waals surface area contributed by atoms with Crippen LogP contribution in [0.1, 0.15) is 47.1 Å². The molecule has 9 heteroatoms.